The Morgan fingerprint density at radius 3 is 2.58 bits per heavy atom. The molecule has 1 rings (SSSR count). The Balaban J connectivity index is 2.47. The van der Waals surface area contributed by atoms with Gasteiger partial charge in [0.05, 0.1) is 6.61 Å². The molecule has 0 aliphatic heterocycles. The van der Waals surface area contributed by atoms with Gasteiger partial charge in [0.2, 0.25) is 0 Å². The summed E-state index contributed by atoms with van der Waals surface area (Å²) in [5.41, 5.74) is 0. The van der Waals surface area contributed by atoms with E-state index in [1.54, 1.807) is 0 Å². The Hall–Kier alpha value is -1.30. The fraction of sp³-hybridized carbons (Fsp3) is 0.846. The van der Waals surface area contributed by atoms with E-state index in [2.05, 4.69) is 5.32 Å². The number of nitrogens with one attached hydrogen (secondary N) is 1. The molecule has 1 atom stereocenters. The van der Waals surface area contributed by atoms with Crippen molar-refractivity contribution in [2.75, 3.05) is 26.8 Å². The average molecular weight is 272 g/mol. The maximum atomic E-state index is 12.0. The molecule has 0 aromatic heterocycles. The Kier molecular flexibility index (Phi) is 6.62. The van der Waals surface area contributed by atoms with Gasteiger partial charge >= 0.3 is 12.0 Å². The van der Waals surface area contributed by atoms with E-state index in [0.29, 0.717) is 12.5 Å². The highest BCUT2D eigenvalue weighted by Gasteiger charge is 2.25. The van der Waals surface area contributed by atoms with E-state index in [1.807, 2.05) is 6.92 Å². The third-order valence-corrected chi connectivity index (χ3v) is 3.64. The van der Waals surface area contributed by atoms with Crippen LogP contribution >= 0.6 is 0 Å². The van der Waals surface area contributed by atoms with Gasteiger partial charge in [-0.1, -0.05) is 12.8 Å². The van der Waals surface area contributed by atoms with Gasteiger partial charge in [0.15, 0.2) is 0 Å². The van der Waals surface area contributed by atoms with Gasteiger partial charge in [-0.3, -0.25) is 4.79 Å². The van der Waals surface area contributed by atoms with Gasteiger partial charge in [-0.15, -0.1) is 0 Å². The van der Waals surface area contributed by atoms with Gasteiger partial charge < -0.3 is 20.1 Å². The molecular weight excluding hydrogens is 248 g/mol. The second-order valence-electron chi connectivity index (χ2n) is 5.09. The van der Waals surface area contributed by atoms with E-state index in [9.17, 15) is 9.59 Å². The normalized spacial score (nSPS) is 17.2. The van der Waals surface area contributed by atoms with E-state index in [0.717, 1.165) is 12.8 Å². The number of ether oxygens (including phenoxy) is 1. The van der Waals surface area contributed by atoms with Crippen LogP contribution in [0.2, 0.25) is 0 Å². The summed E-state index contributed by atoms with van der Waals surface area (Å²) in [5.74, 6) is -0.502. The molecule has 0 saturated heterocycles. The lowest BCUT2D eigenvalue weighted by Gasteiger charge is -2.26. The third-order valence-electron chi connectivity index (χ3n) is 3.64. The number of carboxylic acids is 1. The summed E-state index contributed by atoms with van der Waals surface area (Å²) in [6, 6.07) is -0.229. The third kappa shape index (κ3) is 5.46. The fourth-order valence-electron chi connectivity index (χ4n) is 2.48. The van der Waals surface area contributed by atoms with Crippen molar-refractivity contribution in [3.8, 4) is 0 Å². The van der Waals surface area contributed by atoms with Crippen LogP contribution in [0, 0.1) is 5.92 Å². The molecule has 19 heavy (non-hydrogen) atoms. The summed E-state index contributed by atoms with van der Waals surface area (Å²) in [5, 5.41) is 11.7. The number of methoxy groups -OCH3 is 1. The smallest absolute Gasteiger partial charge is 0.323 e. The number of rotatable bonds is 7. The second kappa shape index (κ2) is 7.99. The lowest BCUT2D eigenvalue weighted by molar-refractivity contribution is -0.137. The van der Waals surface area contributed by atoms with Crippen molar-refractivity contribution in [1.82, 2.24) is 10.2 Å². The first kappa shape index (κ1) is 15.8. The van der Waals surface area contributed by atoms with Crippen LogP contribution in [0.15, 0.2) is 0 Å². The van der Waals surface area contributed by atoms with Crippen LogP contribution in [0.4, 0.5) is 4.79 Å². The van der Waals surface area contributed by atoms with E-state index in [1.165, 1.54) is 24.9 Å². The fourth-order valence-corrected chi connectivity index (χ4v) is 2.48. The number of urea groups is 1. The van der Waals surface area contributed by atoms with Gasteiger partial charge in [-0.2, -0.15) is 0 Å². The Labute approximate surface area is 114 Å². The van der Waals surface area contributed by atoms with Crippen LogP contribution in [0.1, 0.15) is 32.6 Å². The van der Waals surface area contributed by atoms with Gasteiger partial charge in [0, 0.05) is 19.7 Å². The maximum Gasteiger partial charge on any atom is 0.323 e. The van der Waals surface area contributed by atoms with E-state index in [-0.39, 0.29) is 25.2 Å². The number of hydrogen-bond donors (Lipinski definition) is 2. The van der Waals surface area contributed by atoms with Crippen LogP contribution in [-0.2, 0) is 9.53 Å². The minimum atomic E-state index is -1.01. The van der Waals surface area contributed by atoms with Gasteiger partial charge in [-0.05, 0) is 25.7 Å². The predicted molar refractivity (Wildman–Crippen MR) is 71.0 cm³/mol. The van der Waals surface area contributed by atoms with Crippen molar-refractivity contribution in [2.45, 2.75) is 38.6 Å². The molecule has 110 valence electrons. The van der Waals surface area contributed by atoms with Gasteiger partial charge in [-0.25, -0.2) is 4.79 Å². The zero-order chi connectivity index (χ0) is 14.3. The quantitative estimate of drug-likeness (QED) is 0.732. The molecule has 0 radical (unpaired) electrons. The van der Waals surface area contributed by atoms with E-state index < -0.39 is 5.97 Å². The monoisotopic (exact) mass is 272 g/mol. The molecule has 2 N–H and O–H groups in total. The Morgan fingerprint density at radius 2 is 2.05 bits per heavy atom. The molecule has 0 heterocycles. The molecule has 1 saturated carbocycles. The summed E-state index contributed by atoms with van der Waals surface area (Å²) in [7, 11) is 1.53. The summed E-state index contributed by atoms with van der Waals surface area (Å²) in [4.78, 5) is 24.1. The largest absolute Gasteiger partial charge is 0.480 e. The molecule has 6 heteroatoms. The summed E-state index contributed by atoms with van der Waals surface area (Å²) < 4.78 is 4.89. The highest BCUT2D eigenvalue weighted by atomic mass is 16.5. The van der Waals surface area contributed by atoms with Crippen LogP contribution in [0.25, 0.3) is 0 Å². The standard InChI is InChI=1S/C13H24N2O4/c1-10(11-5-3-4-6-11)14-13(18)15(7-8-19-2)9-12(16)17/h10-11H,3-9H2,1-2H3,(H,14,18)(H,16,17). The van der Waals surface area contributed by atoms with E-state index >= 15 is 0 Å². The first-order valence-electron chi connectivity index (χ1n) is 6.80. The van der Waals surface area contributed by atoms with Crippen molar-refractivity contribution >= 4 is 12.0 Å². The number of carbonyl (C=O) groups excluding carboxylic acids is 1. The first-order valence-corrected chi connectivity index (χ1v) is 6.80. The molecule has 6 nitrogen and oxygen atoms in total. The minimum Gasteiger partial charge on any atom is -0.480 e. The topological polar surface area (TPSA) is 78.9 Å². The highest BCUT2D eigenvalue weighted by Crippen LogP contribution is 2.27. The van der Waals surface area contributed by atoms with Crippen molar-refractivity contribution in [3.63, 3.8) is 0 Å². The van der Waals surface area contributed by atoms with Crippen molar-refractivity contribution in [1.29, 1.82) is 0 Å². The zero-order valence-corrected chi connectivity index (χ0v) is 11.7. The average Bonchev–Trinajstić information content (AvgIpc) is 2.87. The van der Waals surface area contributed by atoms with Crippen molar-refractivity contribution < 1.29 is 19.4 Å². The number of carbonyl (C=O) groups is 2. The second-order valence-corrected chi connectivity index (χ2v) is 5.09. The van der Waals surface area contributed by atoms with Crippen LogP contribution < -0.4 is 5.32 Å². The number of hydrogen-bond acceptors (Lipinski definition) is 3. The molecule has 1 fully saturated rings. The SMILES string of the molecule is COCCN(CC(=O)O)C(=O)NC(C)C1CCCC1. The maximum absolute atomic E-state index is 12.0. The summed E-state index contributed by atoms with van der Waals surface area (Å²) in [6.07, 6.45) is 4.71. The molecule has 1 aliphatic carbocycles. The Bertz CT molecular complexity index is 303. The van der Waals surface area contributed by atoms with E-state index in [4.69, 9.17) is 9.84 Å². The summed E-state index contributed by atoms with van der Waals surface area (Å²) in [6.45, 7) is 2.31. The number of amides is 2. The van der Waals surface area contributed by atoms with Crippen molar-refractivity contribution in [2.24, 2.45) is 5.92 Å². The summed E-state index contributed by atoms with van der Waals surface area (Å²) >= 11 is 0. The highest BCUT2D eigenvalue weighted by molar-refractivity contribution is 5.80. The minimum absolute atomic E-state index is 0.0915. The molecule has 1 aliphatic rings. The predicted octanol–water partition coefficient (Wildman–Crippen LogP) is 1.31. The molecule has 2 amide bonds. The van der Waals surface area contributed by atoms with Crippen molar-refractivity contribution in [3.05, 3.63) is 0 Å². The molecule has 0 bridgehead atoms. The molecule has 1 unspecified atom stereocenters. The van der Waals surface area contributed by atoms with Gasteiger partial charge in [0.25, 0.3) is 0 Å². The molecule has 0 aromatic rings. The number of nitrogens with zero attached hydrogens (tertiary/aromatic N) is 1. The Morgan fingerprint density at radius 1 is 1.42 bits per heavy atom. The number of aliphatic carboxylic acids is 1. The molecule has 0 spiro atoms. The van der Waals surface area contributed by atoms with Crippen LogP contribution in [0.3, 0.4) is 0 Å². The zero-order valence-electron chi connectivity index (χ0n) is 11.7. The lowest BCUT2D eigenvalue weighted by atomic mass is 10.0. The first-order chi connectivity index (χ1) is 9.04. The van der Waals surface area contributed by atoms with Crippen LogP contribution in [-0.4, -0.2) is 54.9 Å². The van der Waals surface area contributed by atoms with Crippen LogP contribution in [0.5, 0.6) is 0 Å². The number of carboxylic acid groups (broad SMARTS) is 1. The lowest BCUT2D eigenvalue weighted by Crippen LogP contribution is -2.48. The molecular formula is C13H24N2O4. The molecule has 0 aromatic carbocycles. The van der Waals surface area contributed by atoms with Gasteiger partial charge in [0.1, 0.15) is 6.54 Å².